The fourth-order valence-corrected chi connectivity index (χ4v) is 3.59. The average molecular weight is 317 g/mol. The van der Waals surface area contributed by atoms with E-state index >= 15 is 0 Å². The number of hydrogen-bond donors (Lipinski definition) is 3. The fourth-order valence-electron chi connectivity index (χ4n) is 3.59. The van der Waals surface area contributed by atoms with Crippen LogP contribution >= 0.6 is 0 Å². The molecule has 1 spiro atoms. The van der Waals surface area contributed by atoms with Gasteiger partial charge in [0.2, 0.25) is 0 Å². The summed E-state index contributed by atoms with van der Waals surface area (Å²) in [4.78, 5) is 23.7. The highest BCUT2D eigenvalue weighted by molar-refractivity contribution is 5.95. The van der Waals surface area contributed by atoms with Crippen molar-refractivity contribution in [3.8, 4) is 0 Å². The SMILES string of the molecule is CNC(=O)c1ccc(NC(=O)NC2CCOC23CCCC3)cc1. The number of rotatable bonds is 3. The average Bonchev–Trinajstić information content (AvgIpc) is 3.18. The van der Waals surface area contributed by atoms with Crippen molar-refractivity contribution in [3.63, 3.8) is 0 Å². The summed E-state index contributed by atoms with van der Waals surface area (Å²) in [5.41, 5.74) is 1.07. The monoisotopic (exact) mass is 317 g/mol. The van der Waals surface area contributed by atoms with Crippen LogP contribution in [0.15, 0.2) is 24.3 Å². The van der Waals surface area contributed by atoms with E-state index in [9.17, 15) is 9.59 Å². The minimum atomic E-state index is -0.223. The Hall–Kier alpha value is -2.08. The minimum Gasteiger partial charge on any atom is -0.373 e. The van der Waals surface area contributed by atoms with Gasteiger partial charge in [0.15, 0.2) is 0 Å². The first-order chi connectivity index (χ1) is 11.1. The summed E-state index contributed by atoms with van der Waals surface area (Å²) >= 11 is 0. The second-order valence-corrected chi connectivity index (χ2v) is 6.22. The van der Waals surface area contributed by atoms with E-state index in [1.54, 1.807) is 31.3 Å². The Balaban J connectivity index is 1.58. The number of nitrogens with one attached hydrogen (secondary N) is 3. The van der Waals surface area contributed by atoms with Gasteiger partial charge in [-0.3, -0.25) is 4.79 Å². The van der Waals surface area contributed by atoms with Gasteiger partial charge in [0.1, 0.15) is 0 Å². The molecule has 3 rings (SSSR count). The molecule has 1 atom stereocenters. The number of amides is 3. The summed E-state index contributed by atoms with van der Waals surface area (Å²) in [6, 6.07) is 6.67. The molecule has 1 unspecified atom stereocenters. The predicted octanol–water partition coefficient (Wildman–Crippen LogP) is 2.27. The van der Waals surface area contributed by atoms with Gasteiger partial charge in [-0.1, -0.05) is 12.8 Å². The van der Waals surface area contributed by atoms with Crippen molar-refractivity contribution >= 4 is 17.6 Å². The fraction of sp³-hybridized carbons (Fsp3) is 0.529. The lowest BCUT2D eigenvalue weighted by molar-refractivity contribution is -0.00231. The maximum absolute atomic E-state index is 12.2. The Morgan fingerprint density at radius 2 is 1.87 bits per heavy atom. The van der Waals surface area contributed by atoms with Crippen LogP contribution in [-0.2, 0) is 4.74 Å². The third kappa shape index (κ3) is 3.32. The summed E-state index contributed by atoms with van der Waals surface area (Å²) in [6.45, 7) is 0.714. The van der Waals surface area contributed by atoms with Crippen LogP contribution in [0.2, 0.25) is 0 Å². The van der Waals surface area contributed by atoms with Crippen molar-refractivity contribution in [2.75, 3.05) is 19.0 Å². The number of carbonyl (C=O) groups excluding carboxylic acids is 2. The van der Waals surface area contributed by atoms with E-state index in [0.717, 1.165) is 19.3 Å². The van der Waals surface area contributed by atoms with Gasteiger partial charge in [-0.15, -0.1) is 0 Å². The maximum Gasteiger partial charge on any atom is 0.319 e. The van der Waals surface area contributed by atoms with Gasteiger partial charge in [0.25, 0.3) is 5.91 Å². The van der Waals surface area contributed by atoms with Crippen LogP contribution in [0, 0.1) is 0 Å². The first-order valence-corrected chi connectivity index (χ1v) is 8.17. The molecule has 1 aromatic rings. The van der Waals surface area contributed by atoms with Crippen LogP contribution in [0.1, 0.15) is 42.5 Å². The third-order valence-electron chi connectivity index (χ3n) is 4.82. The molecule has 2 aliphatic rings. The first-order valence-electron chi connectivity index (χ1n) is 8.17. The van der Waals surface area contributed by atoms with Crippen molar-refractivity contribution in [2.24, 2.45) is 0 Å². The Morgan fingerprint density at radius 1 is 1.17 bits per heavy atom. The van der Waals surface area contributed by atoms with Crippen LogP contribution in [0.25, 0.3) is 0 Å². The van der Waals surface area contributed by atoms with E-state index in [2.05, 4.69) is 16.0 Å². The maximum atomic E-state index is 12.2. The molecule has 1 aliphatic heterocycles. The second-order valence-electron chi connectivity index (χ2n) is 6.22. The van der Waals surface area contributed by atoms with Gasteiger partial charge >= 0.3 is 6.03 Å². The molecule has 23 heavy (non-hydrogen) atoms. The van der Waals surface area contributed by atoms with Crippen molar-refractivity contribution in [2.45, 2.75) is 43.7 Å². The molecule has 0 bridgehead atoms. The van der Waals surface area contributed by atoms with Crippen LogP contribution in [0.3, 0.4) is 0 Å². The van der Waals surface area contributed by atoms with Crippen molar-refractivity contribution in [1.29, 1.82) is 0 Å². The molecule has 1 saturated heterocycles. The lowest BCUT2D eigenvalue weighted by atomic mass is 9.93. The number of hydrogen-bond acceptors (Lipinski definition) is 3. The molecule has 1 saturated carbocycles. The van der Waals surface area contributed by atoms with Crippen LogP contribution < -0.4 is 16.0 Å². The largest absolute Gasteiger partial charge is 0.373 e. The topological polar surface area (TPSA) is 79.5 Å². The molecule has 0 radical (unpaired) electrons. The number of ether oxygens (including phenoxy) is 1. The van der Waals surface area contributed by atoms with Crippen molar-refractivity contribution in [3.05, 3.63) is 29.8 Å². The smallest absolute Gasteiger partial charge is 0.319 e. The molecule has 2 fully saturated rings. The molecular weight excluding hydrogens is 294 g/mol. The Bertz CT molecular complexity index is 574. The van der Waals surface area contributed by atoms with E-state index in [-0.39, 0.29) is 23.6 Å². The summed E-state index contributed by atoms with van der Waals surface area (Å²) < 4.78 is 5.93. The van der Waals surface area contributed by atoms with Crippen LogP contribution in [0.4, 0.5) is 10.5 Å². The quantitative estimate of drug-likeness (QED) is 0.800. The van der Waals surface area contributed by atoms with E-state index < -0.39 is 0 Å². The number of anilines is 1. The van der Waals surface area contributed by atoms with Gasteiger partial charge in [-0.05, 0) is 43.5 Å². The van der Waals surface area contributed by atoms with Gasteiger partial charge in [0, 0.05) is 24.9 Å². The van der Waals surface area contributed by atoms with E-state index in [1.165, 1.54) is 12.8 Å². The molecule has 1 aromatic carbocycles. The lowest BCUT2D eigenvalue weighted by Crippen LogP contribution is -2.49. The molecule has 6 nitrogen and oxygen atoms in total. The zero-order valence-electron chi connectivity index (χ0n) is 13.4. The van der Waals surface area contributed by atoms with Gasteiger partial charge in [0.05, 0.1) is 11.6 Å². The summed E-state index contributed by atoms with van der Waals surface area (Å²) in [5.74, 6) is -0.146. The number of carbonyl (C=O) groups is 2. The normalized spacial score (nSPS) is 22.0. The molecule has 3 amide bonds. The summed E-state index contributed by atoms with van der Waals surface area (Å²) in [5, 5.41) is 8.44. The zero-order chi connectivity index (χ0) is 16.3. The third-order valence-corrected chi connectivity index (χ3v) is 4.82. The lowest BCUT2D eigenvalue weighted by Gasteiger charge is -2.30. The standard InChI is InChI=1S/C17H23N3O3/c1-18-15(21)12-4-6-13(7-5-12)19-16(22)20-14-8-11-23-17(14)9-2-3-10-17/h4-7,14H,2-3,8-11H2,1H3,(H,18,21)(H2,19,20,22). The van der Waals surface area contributed by atoms with E-state index in [1.807, 2.05) is 0 Å². The molecule has 0 aromatic heterocycles. The van der Waals surface area contributed by atoms with E-state index in [4.69, 9.17) is 4.74 Å². The van der Waals surface area contributed by atoms with E-state index in [0.29, 0.717) is 17.9 Å². The molecular formula is C17H23N3O3. The van der Waals surface area contributed by atoms with Crippen molar-refractivity contribution in [1.82, 2.24) is 10.6 Å². The zero-order valence-corrected chi connectivity index (χ0v) is 13.4. The molecule has 6 heteroatoms. The van der Waals surface area contributed by atoms with Crippen LogP contribution in [0.5, 0.6) is 0 Å². The summed E-state index contributed by atoms with van der Waals surface area (Å²) in [6.07, 6.45) is 5.25. The highest BCUT2D eigenvalue weighted by Gasteiger charge is 2.46. The Labute approximate surface area is 136 Å². The van der Waals surface area contributed by atoms with Gasteiger partial charge in [-0.25, -0.2) is 4.79 Å². The summed E-state index contributed by atoms with van der Waals surface area (Å²) in [7, 11) is 1.59. The molecule has 1 aliphatic carbocycles. The molecule has 3 N–H and O–H groups in total. The Morgan fingerprint density at radius 3 is 2.52 bits per heavy atom. The number of benzene rings is 1. The second kappa shape index (κ2) is 6.58. The Kier molecular flexibility index (Phi) is 4.52. The molecule has 124 valence electrons. The predicted molar refractivity (Wildman–Crippen MR) is 87.5 cm³/mol. The highest BCUT2D eigenvalue weighted by atomic mass is 16.5. The van der Waals surface area contributed by atoms with Gasteiger partial charge in [-0.2, -0.15) is 0 Å². The minimum absolute atomic E-state index is 0.0788. The van der Waals surface area contributed by atoms with Gasteiger partial charge < -0.3 is 20.7 Å². The first kappa shape index (κ1) is 15.8. The highest BCUT2D eigenvalue weighted by Crippen LogP contribution is 2.41. The van der Waals surface area contributed by atoms with Crippen LogP contribution in [-0.4, -0.2) is 37.2 Å². The molecule has 1 heterocycles. The number of urea groups is 1. The van der Waals surface area contributed by atoms with Crippen molar-refractivity contribution < 1.29 is 14.3 Å².